The number of fused-ring (bicyclic) bond motifs is 1. The normalized spacial score (nSPS) is 29.2. The fourth-order valence-electron chi connectivity index (χ4n) is 5.28. The van der Waals surface area contributed by atoms with Crippen molar-refractivity contribution in [3.63, 3.8) is 0 Å². The van der Waals surface area contributed by atoms with E-state index in [1.165, 1.54) is 0 Å². The Morgan fingerprint density at radius 3 is 1.91 bits per heavy atom. The van der Waals surface area contributed by atoms with Gasteiger partial charge in [0.2, 0.25) is 0 Å². The van der Waals surface area contributed by atoms with Crippen LogP contribution in [0.3, 0.4) is 0 Å². The van der Waals surface area contributed by atoms with Gasteiger partial charge in [-0.3, -0.25) is 0 Å². The monoisotopic (exact) mass is 472 g/mol. The average molecular weight is 473 g/mol. The van der Waals surface area contributed by atoms with Crippen LogP contribution in [0.2, 0.25) is 5.04 Å². The standard InChI is InChI=1S/C26H36O6Si/c1-24(2,3)33(19-13-9-7-10-14-19,20-15-11-8-12-16-20)29-18-26(17-27)22(28-6)21-23(32-26)31-25(4,5)30-21/h7-16,21-23,27H,17-18H2,1-6H3/t21-,22+,23+,26-/m1/s1. The lowest BCUT2D eigenvalue weighted by molar-refractivity contribution is -0.253. The molecule has 0 aromatic heterocycles. The molecule has 4 atom stereocenters. The highest BCUT2D eigenvalue weighted by atomic mass is 28.4. The van der Waals surface area contributed by atoms with Crippen molar-refractivity contribution in [2.75, 3.05) is 20.3 Å². The molecule has 33 heavy (non-hydrogen) atoms. The van der Waals surface area contributed by atoms with Crippen LogP contribution in [-0.4, -0.2) is 63.6 Å². The molecule has 0 spiro atoms. The number of rotatable bonds is 7. The summed E-state index contributed by atoms with van der Waals surface area (Å²) in [5, 5.41) is 12.7. The summed E-state index contributed by atoms with van der Waals surface area (Å²) >= 11 is 0. The Bertz CT molecular complexity index is 889. The molecule has 0 saturated carbocycles. The molecule has 2 fully saturated rings. The molecular formula is C26H36O6Si. The minimum atomic E-state index is -2.82. The van der Waals surface area contributed by atoms with Crippen LogP contribution in [0.25, 0.3) is 0 Å². The molecule has 0 aliphatic carbocycles. The van der Waals surface area contributed by atoms with Gasteiger partial charge in [-0.2, -0.15) is 0 Å². The lowest BCUT2D eigenvalue weighted by atomic mass is 9.97. The number of aliphatic hydroxyl groups is 1. The quantitative estimate of drug-likeness (QED) is 0.625. The van der Waals surface area contributed by atoms with Gasteiger partial charge >= 0.3 is 0 Å². The van der Waals surface area contributed by atoms with Crippen LogP contribution in [0, 0.1) is 0 Å². The predicted octanol–water partition coefficient (Wildman–Crippen LogP) is 2.82. The number of benzene rings is 2. The van der Waals surface area contributed by atoms with Crippen molar-refractivity contribution in [1.82, 2.24) is 0 Å². The van der Waals surface area contributed by atoms with Crippen molar-refractivity contribution >= 4 is 18.7 Å². The van der Waals surface area contributed by atoms with E-state index in [-0.39, 0.29) is 18.3 Å². The van der Waals surface area contributed by atoms with Crippen LogP contribution >= 0.6 is 0 Å². The number of hydrogen-bond acceptors (Lipinski definition) is 6. The fourth-order valence-corrected chi connectivity index (χ4v) is 9.90. The lowest BCUT2D eigenvalue weighted by Gasteiger charge is -2.45. The summed E-state index contributed by atoms with van der Waals surface area (Å²) in [7, 11) is -1.21. The Morgan fingerprint density at radius 2 is 1.45 bits per heavy atom. The van der Waals surface area contributed by atoms with E-state index in [0.717, 1.165) is 10.4 Å². The fraction of sp³-hybridized carbons (Fsp3) is 0.538. The smallest absolute Gasteiger partial charge is 0.261 e. The third-order valence-corrected chi connectivity index (χ3v) is 11.7. The maximum atomic E-state index is 10.6. The summed E-state index contributed by atoms with van der Waals surface area (Å²) in [5.41, 5.74) is -1.10. The van der Waals surface area contributed by atoms with Crippen LogP contribution in [0.4, 0.5) is 0 Å². The van der Waals surface area contributed by atoms with Gasteiger partial charge in [-0.25, -0.2) is 0 Å². The van der Waals surface area contributed by atoms with Gasteiger partial charge in [-0.1, -0.05) is 81.4 Å². The maximum absolute atomic E-state index is 10.6. The Morgan fingerprint density at radius 1 is 0.909 bits per heavy atom. The van der Waals surface area contributed by atoms with Crippen molar-refractivity contribution in [3.8, 4) is 0 Å². The first-order valence-corrected chi connectivity index (χ1v) is 13.4. The van der Waals surface area contributed by atoms with E-state index in [0.29, 0.717) is 0 Å². The second-order valence-corrected chi connectivity index (χ2v) is 14.7. The molecule has 6 nitrogen and oxygen atoms in total. The molecule has 0 unspecified atom stereocenters. The van der Waals surface area contributed by atoms with Gasteiger partial charge in [0, 0.05) is 7.11 Å². The first-order valence-electron chi connectivity index (χ1n) is 11.5. The van der Waals surface area contributed by atoms with Crippen LogP contribution in [0.5, 0.6) is 0 Å². The predicted molar refractivity (Wildman–Crippen MR) is 129 cm³/mol. The zero-order chi connectivity index (χ0) is 23.9. The molecule has 4 rings (SSSR count). The molecule has 2 aliphatic rings. The molecule has 2 aromatic carbocycles. The van der Waals surface area contributed by atoms with Gasteiger partial charge in [-0.05, 0) is 29.3 Å². The van der Waals surface area contributed by atoms with E-state index >= 15 is 0 Å². The van der Waals surface area contributed by atoms with Gasteiger partial charge < -0.3 is 28.5 Å². The van der Waals surface area contributed by atoms with Crippen molar-refractivity contribution in [1.29, 1.82) is 0 Å². The minimum absolute atomic E-state index is 0.148. The summed E-state index contributed by atoms with van der Waals surface area (Å²) in [6.45, 7) is 10.2. The van der Waals surface area contributed by atoms with E-state index in [1.807, 2.05) is 26.0 Å². The second kappa shape index (κ2) is 8.89. The van der Waals surface area contributed by atoms with Crippen molar-refractivity contribution in [3.05, 3.63) is 60.7 Å². The largest absolute Gasteiger partial charge is 0.404 e. The van der Waals surface area contributed by atoms with E-state index in [4.69, 9.17) is 23.4 Å². The third-order valence-electron chi connectivity index (χ3n) is 6.73. The molecule has 1 N–H and O–H groups in total. The van der Waals surface area contributed by atoms with E-state index in [2.05, 4.69) is 69.3 Å². The molecule has 0 radical (unpaired) electrons. The van der Waals surface area contributed by atoms with Gasteiger partial charge in [0.05, 0.1) is 13.2 Å². The third kappa shape index (κ3) is 4.21. The lowest BCUT2D eigenvalue weighted by Crippen LogP contribution is -2.68. The minimum Gasteiger partial charge on any atom is -0.404 e. The summed E-state index contributed by atoms with van der Waals surface area (Å²) in [5.74, 6) is -0.771. The number of ether oxygens (including phenoxy) is 4. The highest BCUT2D eigenvalue weighted by Crippen LogP contribution is 2.45. The second-order valence-electron chi connectivity index (χ2n) is 10.4. The van der Waals surface area contributed by atoms with E-state index in [1.54, 1.807) is 7.11 Å². The molecule has 2 aliphatic heterocycles. The van der Waals surface area contributed by atoms with Gasteiger partial charge in [0.25, 0.3) is 8.32 Å². The molecule has 2 aromatic rings. The molecule has 2 saturated heterocycles. The van der Waals surface area contributed by atoms with Crippen LogP contribution in [0.15, 0.2) is 60.7 Å². The molecule has 7 heteroatoms. The molecule has 0 bridgehead atoms. The topological polar surface area (TPSA) is 66.4 Å². The number of hydrogen-bond donors (Lipinski definition) is 1. The Balaban J connectivity index is 1.75. The van der Waals surface area contributed by atoms with Gasteiger partial charge in [0.15, 0.2) is 12.1 Å². The molecule has 0 amide bonds. The molecular weight excluding hydrogens is 436 g/mol. The van der Waals surface area contributed by atoms with Crippen molar-refractivity contribution < 1.29 is 28.5 Å². The summed E-state index contributed by atoms with van der Waals surface area (Å²) in [4.78, 5) is 0. The SMILES string of the molecule is CO[C@H]1[C@H]2OC(C)(C)O[C@H]2O[C@]1(CO)CO[Si](c1ccccc1)(c1ccccc1)C(C)(C)C. The van der Waals surface area contributed by atoms with Crippen LogP contribution < -0.4 is 10.4 Å². The van der Waals surface area contributed by atoms with E-state index < -0.39 is 38.2 Å². The Hall–Kier alpha value is -1.58. The van der Waals surface area contributed by atoms with Gasteiger partial charge in [0.1, 0.15) is 17.8 Å². The first-order chi connectivity index (χ1) is 15.6. The summed E-state index contributed by atoms with van der Waals surface area (Å²) < 4.78 is 31.2. The zero-order valence-corrected chi connectivity index (χ0v) is 21.4. The van der Waals surface area contributed by atoms with Crippen LogP contribution in [-0.2, 0) is 23.4 Å². The van der Waals surface area contributed by atoms with E-state index in [9.17, 15) is 5.11 Å². The number of methoxy groups -OCH3 is 1. The number of aliphatic hydroxyl groups excluding tert-OH is 1. The zero-order valence-electron chi connectivity index (χ0n) is 20.4. The highest BCUT2D eigenvalue weighted by molar-refractivity contribution is 6.99. The molecule has 180 valence electrons. The molecule has 2 heterocycles. The summed E-state index contributed by atoms with van der Waals surface area (Å²) in [6.07, 6.45) is -1.60. The van der Waals surface area contributed by atoms with Gasteiger partial charge in [-0.15, -0.1) is 0 Å². The Kier molecular flexibility index (Phi) is 6.61. The first kappa shape index (κ1) is 24.5. The maximum Gasteiger partial charge on any atom is 0.261 e. The summed E-state index contributed by atoms with van der Waals surface area (Å²) in [6, 6.07) is 20.8. The Labute approximate surface area is 197 Å². The van der Waals surface area contributed by atoms with Crippen molar-refractivity contribution in [2.24, 2.45) is 0 Å². The highest BCUT2D eigenvalue weighted by Gasteiger charge is 2.63. The average Bonchev–Trinajstić information content (AvgIpc) is 3.22. The van der Waals surface area contributed by atoms with Crippen LogP contribution in [0.1, 0.15) is 34.6 Å². The van der Waals surface area contributed by atoms with Crippen molar-refractivity contribution in [2.45, 2.75) is 69.5 Å².